The van der Waals surface area contributed by atoms with Crippen molar-refractivity contribution in [2.75, 3.05) is 0 Å². The molecule has 8 heteroatoms. The Kier molecular flexibility index (Phi) is 6.48. The number of aliphatic carboxylic acids is 2. The number of benzene rings is 1. The maximum absolute atomic E-state index is 11.6. The van der Waals surface area contributed by atoms with E-state index in [2.05, 4.69) is 10.6 Å². The number of carbonyl (C=O) groups is 3. The van der Waals surface area contributed by atoms with E-state index in [4.69, 9.17) is 21.8 Å². The minimum atomic E-state index is -1.28. The third-order valence-corrected chi connectivity index (χ3v) is 2.83. The van der Waals surface area contributed by atoms with Crippen LogP contribution < -0.4 is 10.6 Å². The molecule has 1 atom stereocenters. The van der Waals surface area contributed by atoms with Crippen LogP contribution in [0.1, 0.15) is 18.4 Å². The van der Waals surface area contributed by atoms with Gasteiger partial charge in [0.15, 0.2) is 0 Å². The molecule has 114 valence electrons. The SMILES string of the molecule is O=C(O)CC[C@H](NC(=O)NCc1cccc(Cl)c1)C(=O)O. The lowest BCUT2D eigenvalue weighted by Gasteiger charge is -2.14. The molecule has 1 aromatic carbocycles. The summed E-state index contributed by atoms with van der Waals surface area (Å²) in [7, 11) is 0. The van der Waals surface area contributed by atoms with E-state index >= 15 is 0 Å². The van der Waals surface area contributed by atoms with Crippen molar-refractivity contribution in [3.05, 3.63) is 34.9 Å². The van der Waals surface area contributed by atoms with Crippen LogP contribution in [0, 0.1) is 0 Å². The van der Waals surface area contributed by atoms with E-state index in [-0.39, 0.29) is 19.4 Å². The molecular weight excluding hydrogens is 300 g/mol. The molecule has 1 aromatic rings. The molecule has 4 N–H and O–H groups in total. The van der Waals surface area contributed by atoms with Crippen LogP contribution in [0.3, 0.4) is 0 Å². The summed E-state index contributed by atoms with van der Waals surface area (Å²) in [6.45, 7) is 0.178. The summed E-state index contributed by atoms with van der Waals surface area (Å²) in [6, 6.07) is 4.90. The normalized spacial score (nSPS) is 11.5. The van der Waals surface area contributed by atoms with Gasteiger partial charge >= 0.3 is 18.0 Å². The van der Waals surface area contributed by atoms with Crippen LogP contribution in [0.15, 0.2) is 24.3 Å². The van der Waals surface area contributed by atoms with Crippen molar-refractivity contribution in [2.45, 2.75) is 25.4 Å². The molecule has 0 heterocycles. The van der Waals surface area contributed by atoms with Gasteiger partial charge in [-0.15, -0.1) is 0 Å². The second kappa shape index (κ2) is 8.11. The molecular formula is C13H15ClN2O5. The molecule has 0 saturated carbocycles. The van der Waals surface area contributed by atoms with Gasteiger partial charge in [-0.2, -0.15) is 0 Å². The third kappa shape index (κ3) is 6.62. The minimum absolute atomic E-state index is 0.178. The second-order valence-corrected chi connectivity index (χ2v) is 4.72. The summed E-state index contributed by atoms with van der Waals surface area (Å²) in [5.41, 5.74) is 0.759. The zero-order valence-corrected chi connectivity index (χ0v) is 11.8. The highest BCUT2D eigenvalue weighted by molar-refractivity contribution is 6.30. The lowest BCUT2D eigenvalue weighted by atomic mass is 10.1. The third-order valence-electron chi connectivity index (χ3n) is 2.59. The summed E-state index contributed by atoms with van der Waals surface area (Å²) >= 11 is 5.80. The molecule has 0 fully saturated rings. The topological polar surface area (TPSA) is 116 Å². The molecule has 0 spiro atoms. The van der Waals surface area contributed by atoms with E-state index in [9.17, 15) is 14.4 Å². The molecule has 7 nitrogen and oxygen atoms in total. The Bertz CT molecular complexity index is 535. The number of carbonyl (C=O) groups excluding carboxylic acids is 1. The maximum Gasteiger partial charge on any atom is 0.326 e. The Morgan fingerprint density at radius 1 is 1.24 bits per heavy atom. The number of hydrogen-bond acceptors (Lipinski definition) is 3. The van der Waals surface area contributed by atoms with Gasteiger partial charge in [0.1, 0.15) is 6.04 Å². The Hall–Kier alpha value is -2.28. The molecule has 0 aliphatic heterocycles. The number of amides is 2. The summed E-state index contributed by atoms with van der Waals surface area (Å²) in [4.78, 5) is 32.9. The average molecular weight is 315 g/mol. The number of halogens is 1. The van der Waals surface area contributed by atoms with E-state index in [0.29, 0.717) is 5.02 Å². The quantitative estimate of drug-likeness (QED) is 0.608. The number of carboxylic acid groups (broad SMARTS) is 2. The molecule has 21 heavy (non-hydrogen) atoms. The molecule has 0 saturated heterocycles. The zero-order chi connectivity index (χ0) is 15.8. The standard InChI is InChI=1S/C13H15ClN2O5/c14-9-3-1-2-8(6-9)7-15-13(21)16-10(12(19)20)4-5-11(17)18/h1-3,6,10H,4-5,7H2,(H,17,18)(H,19,20)(H2,15,16,21)/t10-/m0/s1. The van der Waals surface area contributed by atoms with Gasteiger partial charge < -0.3 is 20.8 Å². The summed E-state index contributed by atoms with van der Waals surface area (Å²) in [5, 5.41) is 22.6. The van der Waals surface area contributed by atoms with Crippen LogP contribution in [0.25, 0.3) is 0 Å². The molecule has 0 aliphatic carbocycles. The molecule has 0 aliphatic rings. The fourth-order valence-corrected chi connectivity index (χ4v) is 1.78. The van der Waals surface area contributed by atoms with Crippen molar-refractivity contribution in [3.8, 4) is 0 Å². The number of urea groups is 1. The van der Waals surface area contributed by atoms with Gasteiger partial charge in [-0.25, -0.2) is 9.59 Å². The first-order valence-electron chi connectivity index (χ1n) is 6.12. The molecule has 0 bridgehead atoms. The molecule has 0 aromatic heterocycles. The van der Waals surface area contributed by atoms with Crippen LogP contribution >= 0.6 is 11.6 Å². The average Bonchev–Trinajstić information content (AvgIpc) is 2.40. The van der Waals surface area contributed by atoms with Crippen LogP contribution in [0.4, 0.5) is 4.79 Å². The van der Waals surface area contributed by atoms with Crippen LogP contribution in [0.5, 0.6) is 0 Å². The first-order valence-corrected chi connectivity index (χ1v) is 6.49. The Morgan fingerprint density at radius 3 is 2.52 bits per heavy atom. The van der Waals surface area contributed by atoms with Gasteiger partial charge in [-0.3, -0.25) is 4.79 Å². The van der Waals surface area contributed by atoms with Crippen molar-refractivity contribution < 1.29 is 24.6 Å². The smallest absolute Gasteiger partial charge is 0.326 e. The molecule has 0 radical (unpaired) electrons. The summed E-state index contributed by atoms with van der Waals surface area (Å²) < 4.78 is 0. The second-order valence-electron chi connectivity index (χ2n) is 4.28. The summed E-state index contributed by atoms with van der Waals surface area (Å²) in [5.74, 6) is -2.41. The molecule has 0 unspecified atom stereocenters. The fourth-order valence-electron chi connectivity index (χ4n) is 1.56. The number of carboxylic acids is 2. The van der Waals surface area contributed by atoms with Crippen molar-refractivity contribution in [1.82, 2.24) is 10.6 Å². The largest absolute Gasteiger partial charge is 0.481 e. The van der Waals surface area contributed by atoms with Gasteiger partial charge in [0.05, 0.1) is 0 Å². The predicted octanol–water partition coefficient (Wildman–Crippen LogP) is 1.46. The number of nitrogens with one attached hydrogen (secondary N) is 2. The monoisotopic (exact) mass is 314 g/mol. The van der Waals surface area contributed by atoms with Gasteiger partial charge in [0.2, 0.25) is 0 Å². The maximum atomic E-state index is 11.6. The molecule has 1 rings (SSSR count). The van der Waals surface area contributed by atoms with Crippen molar-refractivity contribution in [2.24, 2.45) is 0 Å². The highest BCUT2D eigenvalue weighted by Gasteiger charge is 2.20. The van der Waals surface area contributed by atoms with Gasteiger partial charge in [-0.05, 0) is 24.1 Å². The van der Waals surface area contributed by atoms with Crippen LogP contribution in [0.2, 0.25) is 5.02 Å². The number of hydrogen-bond donors (Lipinski definition) is 4. The Labute approximate surface area is 125 Å². The van der Waals surface area contributed by atoms with Crippen molar-refractivity contribution >= 4 is 29.6 Å². The van der Waals surface area contributed by atoms with Gasteiger partial charge in [-0.1, -0.05) is 23.7 Å². The van der Waals surface area contributed by atoms with Crippen LogP contribution in [-0.2, 0) is 16.1 Å². The number of rotatable bonds is 7. The minimum Gasteiger partial charge on any atom is -0.481 e. The molecule has 2 amide bonds. The Balaban J connectivity index is 2.46. The fraction of sp³-hybridized carbons (Fsp3) is 0.308. The highest BCUT2D eigenvalue weighted by Crippen LogP contribution is 2.10. The lowest BCUT2D eigenvalue weighted by Crippen LogP contribution is -2.46. The lowest BCUT2D eigenvalue weighted by molar-refractivity contribution is -0.140. The first kappa shape index (κ1) is 16.8. The van der Waals surface area contributed by atoms with Gasteiger partial charge in [0, 0.05) is 18.0 Å². The van der Waals surface area contributed by atoms with Crippen molar-refractivity contribution in [1.29, 1.82) is 0 Å². The van der Waals surface area contributed by atoms with E-state index in [1.54, 1.807) is 24.3 Å². The highest BCUT2D eigenvalue weighted by atomic mass is 35.5. The van der Waals surface area contributed by atoms with Crippen LogP contribution in [-0.4, -0.2) is 34.2 Å². The zero-order valence-electron chi connectivity index (χ0n) is 11.0. The summed E-state index contributed by atoms with van der Waals surface area (Å²) in [6.07, 6.45) is -0.527. The first-order chi connectivity index (χ1) is 9.88. The van der Waals surface area contributed by atoms with Crippen molar-refractivity contribution in [3.63, 3.8) is 0 Å². The van der Waals surface area contributed by atoms with E-state index in [0.717, 1.165) is 5.56 Å². The van der Waals surface area contributed by atoms with E-state index < -0.39 is 24.0 Å². The predicted molar refractivity (Wildman–Crippen MR) is 75.1 cm³/mol. The van der Waals surface area contributed by atoms with Gasteiger partial charge in [0.25, 0.3) is 0 Å². The van der Waals surface area contributed by atoms with E-state index in [1.165, 1.54) is 0 Å². The Morgan fingerprint density at radius 2 is 1.95 bits per heavy atom. The van der Waals surface area contributed by atoms with E-state index in [1.807, 2.05) is 0 Å².